The molecule has 1 aliphatic heterocycles. The smallest absolute Gasteiger partial charge is 0.376 e. The highest BCUT2D eigenvalue weighted by Gasteiger charge is 2.33. The Morgan fingerprint density at radius 1 is 1.23 bits per heavy atom. The van der Waals surface area contributed by atoms with Crippen molar-refractivity contribution < 1.29 is 18.0 Å². The maximum atomic E-state index is 13.1. The van der Waals surface area contributed by atoms with Crippen LogP contribution in [0.1, 0.15) is 18.4 Å². The van der Waals surface area contributed by atoms with Crippen molar-refractivity contribution in [2.75, 3.05) is 30.3 Å². The fourth-order valence-electron chi connectivity index (χ4n) is 3.67. The largest absolute Gasteiger partial charge is 0.418 e. The van der Waals surface area contributed by atoms with Crippen molar-refractivity contribution in [3.8, 4) is 0 Å². The molecule has 1 aliphatic rings. The van der Waals surface area contributed by atoms with Crippen molar-refractivity contribution >= 4 is 28.4 Å². The predicted molar refractivity (Wildman–Crippen MR) is 107 cm³/mol. The summed E-state index contributed by atoms with van der Waals surface area (Å²) in [6.07, 6.45) is 0.433. The zero-order chi connectivity index (χ0) is 21.1. The minimum Gasteiger partial charge on any atom is -0.376 e. The molecule has 2 aromatic heterocycles. The summed E-state index contributed by atoms with van der Waals surface area (Å²) in [5.41, 5.74) is -0.153. The number of carbonyl (C=O) groups is 1. The van der Waals surface area contributed by atoms with E-state index in [-0.39, 0.29) is 24.2 Å². The van der Waals surface area contributed by atoms with Crippen LogP contribution in [0.15, 0.2) is 42.9 Å². The highest BCUT2D eigenvalue weighted by atomic mass is 19.4. The van der Waals surface area contributed by atoms with Gasteiger partial charge in [0.1, 0.15) is 17.8 Å². The molecule has 3 N–H and O–H groups in total. The van der Waals surface area contributed by atoms with E-state index in [2.05, 4.69) is 25.6 Å². The number of nitrogens with one attached hydrogen (secondary N) is 3. The number of H-pyrrole nitrogens is 1. The summed E-state index contributed by atoms with van der Waals surface area (Å²) in [6.45, 7) is 0.829. The first-order valence-corrected chi connectivity index (χ1v) is 9.64. The average molecular weight is 418 g/mol. The van der Waals surface area contributed by atoms with E-state index >= 15 is 0 Å². The fraction of sp³-hybridized carbons (Fsp3) is 0.350. The van der Waals surface area contributed by atoms with E-state index in [0.29, 0.717) is 18.9 Å². The first kappa shape index (κ1) is 20.0. The lowest BCUT2D eigenvalue weighted by molar-refractivity contribution is -0.137. The highest BCUT2D eigenvalue weighted by molar-refractivity contribution is 5.87. The van der Waals surface area contributed by atoms with Crippen molar-refractivity contribution in [2.24, 2.45) is 0 Å². The molecule has 0 spiro atoms. The van der Waals surface area contributed by atoms with E-state index in [4.69, 9.17) is 0 Å². The second kappa shape index (κ2) is 8.21. The summed E-state index contributed by atoms with van der Waals surface area (Å²) in [7, 11) is 0. The van der Waals surface area contributed by atoms with Gasteiger partial charge in [-0.15, -0.1) is 0 Å². The van der Waals surface area contributed by atoms with E-state index in [9.17, 15) is 18.0 Å². The normalized spacial score (nSPS) is 17.2. The maximum absolute atomic E-state index is 13.1. The number of halogens is 3. The summed E-state index contributed by atoms with van der Waals surface area (Å²) >= 11 is 0. The number of likely N-dealkylation sites (tertiary alicyclic amines) is 1. The van der Waals surface area contributed by atoms with E-state index in [1.165, 1.54) is 24.5 Å². The van der Waals surface area contributed by atoms with Gasteiger partial charge in [-0.2, -0.15) is 13.2 Å². The topological polar surface area (TPSA) is 85.9 Å². The number of piperidine rings is 1. The summed E-state index contributed by atoms with van der Waals surface area (Å²) in [5, 5.41) is 6.88. The van der Waals surface area contributed by atoms with Gasteiger partial charge in [-0.25, -0.2) is 9.97 Å². The van der Waals surface area contributed by atoms with Crippen LogP contribution in [-0.2, 0) is 11.0 Å². The lowest BCUT2D eigenvalue weighted by Crippen LogP contribution is -2.47. The minimum atomic E-state index is -4.48. The van der Waals surface area contributed by atoms with Crippen molar-refractivity contribution in [3.63, 3.8) is 0 Å². The molecule has 0 saturated carbocycles. The lowest BCUT2D eigenvalue weighted by atomic mass is 10.1. The average Bonchev–Trinajstić information content (AvgIpc) is 3.22. The quantitative estimate of drug-likeness (QED) is 0.591. The van der Waals surface area contributed by atoms with Gasteiger partial charge in [0.2, 0.25) is 5.91 Å². The number of alkyl halides is 3. The number of nitrogens with zero attached hydrogens (tertiary/aromatic N) is 3. The van der Waals surface area contributed by atoms with Crippen molar-refractivity contribution in [1.82, 2.24) is 19.9 Å². The molecule has 1 fully saturated rings. The van der Waals surface area contributed by atoms with Crippen LogP contribution in [0.5, 0.6) is 0 Å². The Bertz CT molecular complexity index is 1030. The van der Waals surface area contributed by atoms with Crippen LogP contribution >= 0.6 is 0 Å². The molecule has 3 heterocycles. The van der Waals surface area contributed by atoms with Gasteiger partial charge < -0.3 is 20.5 Å². The molecule has 1 aromatic carbocycles. The molecule has 3 aromatic rings. The molecular weight excluding hydrogens is 397 g/mol. The molecular formula is C20H21F3N6O. The number of aromatic amines is 1. The number of anilines is 2. The Morgan fingerprint density at radius 2 is 2.07 bits per heavy atom. The van der Waals surface area contributed by atoms with Crippen LogP contribution < -0.4 is 10.6 Å². The number of rotatable bonds is 5. The Kier molecular flexibility index (Phi) is 5.47. The molecule has 1 amide bonds. The van der Waals surface area contributed by atoms with Crippen LogP contribution in [0, 0.1) is 0 Å². The zero-order valence-corrected chi connectivity index (χ0v) is 16.0. The maximum Gasteiger partial charge on any atom is 0.418 e. The third kappa shape index (κ3) is 4.32. The Balaban J connectivity index is 1.38. The minimum absolute atomic E-state index is 0.00170. The molecule has 7 nitrogen and oxygen atoms in total. The van der Waals surface area contributed by atoms with Crippen LogP contribution in [0.3, 0.4) is 0 Å². The number of amides is 1. The molecule has 158 valence electrons. The van der Waals surface area contributed by atoms with Crippen LogP contribution in [0.2, 0.25) is 0 Å². The number of aromatic nitrogens is 3. The molecule has 1 unspecified atom stereocenters. The SMILES string of the molecule is O=C(CNc1ccccc1C(F)(F)F)N1CCCC(Nc2ncnc3[nH]ccc23)C1. The van der Waals surface area contributed by atoms with Gasteiger partial charge in [-0.3, -0.25) is 4.79 Å². The second-order valence-corrected chi connectivity index (χ2v) is 7.18. The number of carbonyl (C=O) groups excluding carboxylic acids is 1. The Labute approximate surface area is 170 Å². The van der Waals surface area contributed by atoms with Crippen LogP contribution in [-0.4, -0.2) is 51.4 Å². The van der Waals surface area contributed by atoms with E-state index in [1.807, 2.05) is 6.07 Å². The summed E-state index contributed by atoms with van der Waals surface area (Å²) in [6, 6.07) is 7.03. The molecule has 10 heteroatoms. The number of para-hydroxylation sites is 1. The highest BCUT2D eigenvalue weighted by Crippen LogP contribution is 2.34. The molecule has 4 rings (SSSR count). The van der Waals surface area contributed by atoms with Gasteiger partial charge in [0, 0.05) is 31.0 Å². The standard InChI is InChI=1S/C20H21F3N6O/c21-20(22,23)15-5-1-2-6-16(15)25-10-17(30)29-9-3-4-13(11-29)28-19-14-7-8-24-18(14)26-12-27-19/h1-2,5-8,12-13,25H,3-4,9-11H2,(H2,24,26,27,28). The third-order valence-electron chi connectivity index (χ3n) is 5.13. The first-order valence-electron chi connectivity index (χ1n) is 9.64. The molecule has 1 saturated heterocycles. The Morgan fingerprint density at radius 3 is 2.90 bits per heavy atom. The molecule has 30 heavy (non-hydrogen) atoms. The van der Waals surface area contributed by atoms with Crippen molar-refractivity contribution in [1.29, 1.82) is 0 Å². The van der Waals surface area contributed by atoms with Crippen LogP contribution in [0.4, 0.5) is 24.7 Å². The van der Waals surface area contributed by atoms with Gasteiger partial charge in [0.15, 0.2) is 0 Å². The van der Waals surface area contributed by atoms with Gasteiger partial charge in [0.25, 0.3) is 0 Å². The molecule has 0 bridgehead atoms. The number of fused-ring (bicyclic) bond motifs is 1. The molecule has 0 radical (unpaired) electrons. The first-order chi connectivity index (χ1) is 14.4. The van der Waals surface area contributed by atoms with E-state index in [0.717, 1.165) is 29.9 Å². The lowest BCUT2D eigenvalue weighted by Gasteiger charge is -2.33. The number of benzene rings is 1. The monoisotopic (exact) mass is 418 g/mol. The summed E-state index contributed by atoms with van der Waals surface area (Å²) < 4.78 is 39.4. The predicted octanol–water partition coefficient (Wildman–Crippen LogP) is 3.49. The fourth-order valence-corrected chi connectivity index (χ4v) is 3.67. The van der Waals surface area contributed by atoms with Crippen LogP contribution in [0.25, 0.3) is 11.0 Å². The molecule has 0 aliphatic carbocycles. The molecule has 1 atom stereocenters. The van der Waals surface area contributed by atoms with Gasteiger partial charge in [0.05, 0.1) is 17.5 Å². The second-order valence-electron chi connectivity index (χ2n) is 7.18. The van der Waals surface area contributed by atoms with E-state index < -0.39 is 11.7 Å². The van der Waals surface area contributed by atoms with Crippen molar-refractivity contribution in [2.45, 2.75) is 25.1 Å². The van der Waals surface area contributed by atoms with E-state index in [1.54, 1.807) is 11.1 Å². The Hall–Kier alpha value is -3.30. The third-order valence-corrected chi connectivity index (χ3v) is 5.13. The zero-order valence-electron chi connectivity index (χ0n) is 16.0. The summed E-state index contributed by atoms with van der Waals surface area (Å²) in [5.74, 6) is 0.450. The summed E-state index contributed by atoms with van der Waals surface area (Å²) in [4.78, 5) is 25.8. The number of hydrogen-bond acceptors (Lipinski definition) is 5. The number of hydrogen-bond donors (Lipinski definition) is 3. The van der Waals surface area contributed by atoms with Gasteiger partial charge in [-0.1, -0.05) is 12.1 Å². The van der Waals surface area contributed by atoms with Gasteiger partial charge in [-0.05, 0) is 31.0 Å². The van der Waals surface area contributed by atoms with Crippen molar-refractivity contribution in [3.05, 3.63) is 48.4 Å². The van der Waals surface area contributed by atoms with Gasteiger partial charge >= 0.3 is 6.18 Å².